The summed E-state index contributed by atoms with van der Waals surface area (Å²) < 4.78 is 16.8. The number of ether oxygens (including phenoxy) is 3. The van der Waals surface area contributed by atoms with E-state index in [1.54, 1.807) is 18.2 Å². The van der Waals surface area contributed by atoms with Gasteiger partial charge in [0.2, 0.25) is 5.88 Å². The number of nitrogens with zero attached hydrogens (tertiary/aromatic N) is 1. The number of aryl methyl sites for hydroxylation is 1. The third kappa shape index (κ3) is 5.36. The summed E-state index contributed by atoms with van der Waals surface area (Å²) in [6.07, 6.45) is 0.932. The van der Waals surface area contributed by atoms with Crippen molar-refractivity contribution in [2.75, 3.05) is 6.61 Å². The molecule has 1 heterocycles. The largest absolute Gasteiger partial charge is 0.482 e. The fourth-order valence-electron chi connectivity index (χ4n) is 4.14. The van der Waals surface area contributed by atoms with Gasteiger partial charge in [-0.2, -0.15) is 5.26 Å². The zero-order valence-electron chi connectivity index (χ0n) is 21.0. The number of allylic oxidation sites excluding steroid dienone is 1. The summed E-state index contributed by atoms with van der Waals surface area (Å²) in [4.78, 5) is 12.4. The predicted octanol–water partition coefficient (Wildman–Crippen LogP) is 5.75. The summed E-state index contributed by atoms with van der Waals surface area (Å²) >= 11 is 0. The van der Waals surface area contributed by atoms with E-state index in [4.69, 9.17) is 19.9 Å². The Morgan fingerprint density at radius 3 is 2.31 bits per heavy atom. The van der Waals surface area contributed by atoms with Gasteiger partial charge in [0.05, 0.1) is 5.92 Å². The number of rotatable bonds is 6. The number of carbonyl (C=O) groups is 1. The van der Waals surface area contributed by atoms with Crippen molar-refractivity contribution in [2.45, 2.75) is 45.4 Å². The lowest BCUT2D eigenvalue weighted by atomic mass is 9.81. The molecule has 3 aromatic carbocycles. The highest BCUT2D eigenvalue weighted by Crippen LogP contribution is 2.43. The van der Waals surface area contributed by atoms with Crippen LogP contribution in [0.4, 0.5) is 0 Å². The third-order valence-corrected chi connectivity index (χ3v) is 6.22. The second kappa shape index (κ2) is 10.2. The molecule has 6 heteroatoms. The van der Waals surface area contributed by atoms with Crippen molar-refractivity contribution in [3.8, 4) is 23.3 Å². The number of hydrogen-bond donors (Lipinski definition) is 1. The molecule has 0 aromatic heterocycles. The quantitative estimate of drug-likeness (QED) is 0.355. The van der Waals surface area contributed by atoms with Gasteiger partial charge in [-0.05, 0) is 46.7 Å². The number of nitriles is 1. The van der Waals surface area contributed by atoms with Gasteiger partial charge < -0.3 is 19.9 Å². The minimum Gasteiger partial charge on any atom is -0.482 e. The molecule has 36 heavy (non-hydrogen) atoms. The number of benzene rings is 3. The lowest BCUT2D eigenvalue weighted by molar-refractivity contribution is -0.136. The molecule has 0 aliphatic carbocycles. The smallest absolute Gasteiger partial charge is 0.349 e. The van der Waals surface area contributed by atoms with Crippen LogP contribution in [0.3, 0.4) is 0 Å². The van der Waals surface area contributed by atoms with Gasteiger partial charge in [-0.3, -0.25) is 0 Å². The molecule has 0 spiro atoms. The standard InChI is InChI=1S/C30H30N2O4/c1-5-19-6-12-22(13-7-19)34-18-27(33)35-23-14-15-24-26(16-23)36-29(32)25(17-31)28(24)20-8-10-21(11-9-20)30(2,3)4/h6-16,28H,5,18,32H2,1-4H3. The van der Waals surface area contributed by atoms with Crippen LogP contribution in [-0.2, 0) is 16.6 Å². The van der Waals surface area contributed by atoms with Crippen molar-refractivity contribution in [1.82, 2.24) is 0 Å². The highest BCUT2D eigenvalue weighted by molar-refractivity contribution is 5.74. The van der Waals surface area contributed by atoms with E-state index in [1.807, 2.05) is 36.4 Å². The Balaban J connectivity index is 1.53. The fourth-order valence-corrected chi connectivity index (χ4v) is 4.14. The van der Waals surface area contributed by atoms with E-state index in [0.717, 1.165) is 17.5 Å². The maximum atomic E-state index is 12.4. The van der Waals surface area contributed by atoms with Gasteiger partial charge in [-0.15, -0.1) is 0 Å². The average molecular weight is 483 g/mol. The topological polar surface area (TPSA) is 94.6 Å². The Bertz CT molecular complexity index is 1330. The van der Waals surface area contributed by atoms with Crippen LogP contribution in [0.25, 0.3) is 0 Å². The first-order valence-corrected chi connectivity index (χ1v) is 11.9. The van der Waals surface area contributed by atoms with E-state index < -0.39 is 5.97 Å². The maximum absolute atomic E-state index is 12.4. The van der Waals surface area contributed by atoms with Crippen LogP contribution in [0.15, 0.2) is 78.2 Å². The Morgan fingerprint density at radius 1 is 1.03 bits per heavy atom. The van der Waals surface area contributed by atoms with Crippen molar-refractivity contribution < 1.29 is 19.0 Å². The van der Waals surface area contributed by atoms with Crippen molar-refractivity contribution in [1.29, 1.82) is 5.26 Å². The molecule has 6 nitrogen and oxygen atoms in total. The van der Waals surface area contributed by atoms with Gasteiger partial charge >= 0.3 is 5.97 Å². The fraction of sp³-hybridized carbons (Fsp3) is 0.267. The van der Waals surface area contributed by atoms with Crippen LogP contribution in [0.2, 0.25) is 0 Å². The van der Waals surface area contributed by atoms with Crippen LogP contribution in [0.5, 0.6) is 17.2 Å². The minimum atomic E-state index is -0.541. The predicted molar refractivity (Wildman–Crippen MR) is 138 cm³/mol. The number of esters is 1. The van der Waals surface area contributed by atoms with E-state index >= 15 is 0 Å². The van der Waals surface area contributed by atoms with Crippen molar-refractivity contribution in [3.63, 3.8) is 0 Å². The highest BCUT2D eigenvalue weighted by Gasteiger charge is 2.31. The first-order chi connectivity index (χ1) is 17.2. The van der Waals surface area contributed by atoms with Crippen LogP contribution in [-0.4, -0.2) is 12.6 Å². The summed E-state index contributed by atoms with van der Waals surface area (Å²) in [6.45, 7) is 8.30. The number of hydrogen-bond acceptors (Lipinski definition) is 6. The summed E-state index contributed by atoms with van der Waals surface area (Å²) in [7, 11) is 0. The summed E-state index contributed by atoms with van der Waals surface area (Å²) in [5, 5.41) is 9.81. The van der Waals surface area contributed by atoms with Gasteiger partial charge in [0.15, 0.2) is 6.61 Å². The molecule has 1 atom stereocenters. The Kier molecular flexibility index (Phi) is 7.03. The Labute approximate surface area is 211 Å². The summed E-state index contributed by atoms with van der Waals surface area (Å²) in [5.41, 5.74) is 10.6. The molecule has 184 valence electrons. The molecule has 0 fully saturated rings. The summed E-state index contributed by atoms with van der Waals surface area (Å²) in [5.74, 6) is 0.460. The molecule has 0 radical (unpaired) electrons. The van der Waals surface area contributed by atoms with Crippen molar-refractivity contribution in [2.24, 2.45) is 5.73 Å². The Hall–Kier alpha value is -4.24. The SMILES string of the molecule is CCc1ccc(OCC(=O)Oc2ccc3c(c2)OC(N)=C(C#N)C3c2ccc(C(C)(C)C)cc2)cc1. The molecule has 1 aliphatic rings. The van der Waals surface area contributed by atoms with Crippen LogP contribution >= 0.6 is 0 Å². The van der Waals surface area contributed by atoms with Gasteiger partial charge in [-0.1, -0.05) is 70.2 Å². The summed E-state index contributed by atoms with van der Waals surface area (Å²) in [6, 6.07) is 23.1. The molecule has 1 aliphatic heterocycles. The molecule has 3 aromatic rings. The minimum absolute atomic E-state index is 0.0144. The second-order valence-corrected chi connectivity index (χ2v) is 9.76. The van der Waals surface area contributed by atoms with Crippen molar-refractivity contribution >= 4 is 5.97 Å². The Morgan fingerprint density at radius 2 is 1.69 bits per heavy atom. The molecule has 0 amide bonds. The molecule has 2 N–H and O–H groups in total. The first kappa shape index (κ1) is 24.9. The molecule has 0 saturated carbocycles. The molecule has 0 saturated heterocycles. The van der Waals surface area contributed by atoms with Crippen LogP contribution in [0.1, 0.15) is 55.9 Å². The number of carbonyl (C=O) groups excluding carboxylic acids is 1. The highest BCUT2D eigenvalue weighted by atomic mass is 16.6. The zero-order valence-corrected chi connectivity index (χ0v) is 21.0. The number of fused-ring (bicyclic) bond motifs is 1. The van der Waals surface area contributed by atoms with Gasteiger partial charge in [-0.25, -0.2) is 4.79 Å². The zero-order chi connectivity index (χ0) is 25.9. The van der Waals surface area contributed by atoms with Gasteiger partial charge in [0.25, 0.3) is 0 Å². The first-order valence-electron chi connectivity index (χ1n) is 11.9. The number of nitrogens with two attached hydrogens (primary N) is 1. The lowest BCUT2D eigenvalue weighted by Crippen LogP contribution is -2.22. The van der Waals surface area contributed by atoms with Gasteiger partial charge in [0, 0.05) is 11.6 Å². The molecule has 0 bridgehead atoms. The second-order valence-electron chi connectivity index (χ2n) is 9.76. The van der Waals surface area contributed by atoms with Crippen LogP contribution in [0, 0.1) is 11.3 Å². The molecular weight excluding hydrogens is 452 g/mol. The van der Waals surface area contributed by atoms with E-state index in [2.05, 4.69) is 45.9 Å². The molecule has 4 rings (SSSR count). The normalized spacial score (nSPS) is 14.9. The maximum Gasteiger partial charge on any atom is 0.349 e. The van der Waals surface area contributed by atoms with Gasteiger partial charge in [0.1, 0.15) is 28.9 Å². The lowest BCUT2D eigenvalue weighted by Gasteiger charge is -2.27. The third-order valence-electron chi connectivity index (χ3n) is 6.22. The molecular formula is C30H30N2O4. The molecule has 1 unspecified atom stereocenters. The van der Waals surface area contributed by atoms with E-state index in [0.29, 0.717) is 22.8 Å². The monoisotopic (exact) mass is 482 g/mol. The van der Waals surface area contributed by atoms with Crippen molar-refractivity contribution in [3.05, 3.63) is 100 Å². The van der Waals surface area contributed by atoms with E-state index in [9.17, 15) is 10.1 Å². The average Bonchev–Trinajstić information content (AvgIpc) is 2.86. The van der Waals surface area contributed by atoms with E-state index in [-0.39, 0.29) is 23.8 Å². The van der Waals surface area contributed by atoms with E-state index in [1.165, 1.54) is 11.1 Å². The van der Waals surface area contributed by atoms with Crippen LogP contribution < -0.4 is 19.9 Å².